The van der Waals surface area contributed by atoms with Gasteiger partial charge in [-0.2, -0.15) is 4.98 Å². The summed E-state index contributed by atoms with van der Waals surface area (Å²) < 4.78 is 9.82. The predicted molar refractivity (Wildman–Crippen MR) is 91.9 cm³/mol. The number of benzene rings is 1. The summed E-state index contributed by atoms with van der Waals surface area (Å²) in [7, 11) is 0. The monoisotopic (exact) mass is 358 g/mol. The quantitative estimate of drug-likeness (QED) is 0.702. The Morgan fingerprint density at radius 1 is 1.16 bits per heavy atom. The molecular weight excluding hydrogens is 344 g/mol. The van der Waals surface area contributed by atoms with Gasteiger partial charge in [-0.05, 0) is 42.6 Å². The number of thiophene rings is 1. The summed E-state index contributed by atoms with van der Waals surface area (Å²) in [4.78, 5) is 28.2. The fraction of sp³-hybridized carbons (Fsp3) is 0.125. The lowest BCUT2D eigenvalue weighted by molar-refractivity contribution is -0.118. The zero-order valence-electron chi connectivity index (χ0n) is 13.2. The van der Waals surface area contributed by atoms with E-state index in [1.807, 2.05) is 11.4 Å². The number of aromatic nitrogens is 2. The number of nitrogens with zero attached hydrogens (tertiary/aromatic N) is 2. The second-order valence-corrected chi connectivity index (χ2v) is 5.90. The molecule has 0 radical (unpaired) electrons. The number of hydrogen-bond donors (Lipinski definition) is 2. The second-order valence-electron chi connectivity index (χ2n) is 4.95. The van der Waals surface area contributed by atoms with Gasteiger partial charge in [-0.25, -0.2) is 0 Å². The SMILES string of the molecule is Cc1noc(OCC(=O)Nc2ccc(NC(=O)c3cccs3)cc2)n1. The zero-order valence-corrected chi connectivity index (χ0v) is 14.0. The predicted octanol–water partition coefficient (Wildman–Crippen LogP) is 2.71. The molecule has 0 aliphatic carbocycles. The molecule has 9 heteroatoms. The van der Waals surface area contributed by atoms with E-state index < -0.39 is 0 Å². The number of anilines is 2. The first-order chi connectivity index (χ1) is 12.1. The van der Waals surface area contributed by atoms with Crippen LogP contribution in [0.15, 0.2) is 46.3 Å². The molecule has 3 rings (SSSR count). The van der Waals surface area contributed by atoms with Crippen LogP contribution in [0, 0.1) is 6.92 Å². The van der Waals surface area contributed by atoms with Gasteiger partial charge in [0.1, 0.15) is 0 Å². The highest BCUT2D eigenvalue weighted by atomic mass is 32.1. The van der Waals surface area contributed by atoms with Gasteiger partial charge in [0.25, 0.3) is 11.8 Å². The third kappa shape index (κ3) is 4.64. The summed E-state index contributed by atoms with van der Waals surface area (Å²) >= 11 is 1.37. The normalized spacial score (nSPS) is 10.3. The Labute approximate surface area is 146 Å². The lowest BCUT2D eigenvalue weighted by Gasteiger charge is -2.07. The second kappa shape index (κ2) is 7.58. The van der Waals surface area contributed by atoms with E-state index in [0.717, 1.165) is 0 Å². The average molecular weight is 358 g/mol. The summed E-state index contributed by atoms with van der Waals surface area (Å²) in [5.41, 5.74) is 1.21. The molecule has 8 nitrogen and oxygen atoms in total. The van der Waals surface area contributed by atoms with Gasteiger partial charge in [0.2, 0.25) is 0 Å². The summed E-state index contributed by atoms with van der Waals surface area (Å²) in [6.45, 7) is 1.40. The molecule has 0 atom stereocenters. The van der Waals surface area contributed by atoms with Gasteiger partial charge in [0.15, 0.2) is 12.4 Å². The van der Waals surface area contributed by atoms with Crippen molar-refractivity contribution in [2.24, 2.45) is 0 Å². The van der Waals surface area contributed by atoms with E-state index in [4.69, 9.17) is 9.26 Å². The third-order valence-corrected chi connectivity index (χ3v) is 3.88. The fourth-order valence-electron chi connectivity index (χ4n) is 1.90. The summed E-state index contributed by atoms with van der Waals surface area (Å²) in [5, 5.41) is 10.8. The van der Waals surface area contributed by atoms with E-state index in [-0.39, 0.29) is 24.5 Å². The molecule has 0 aliphatic heterocycles. The smallest absolute Gasteiger partial charge is 0.417 e. The molecule has 0 fully saturated rings. The summed E-state index contributed by atoms with van der Waals surface area (Å²) in [6, 6.07) is 10.3. The Balaban J connectivity index is 1.50. The van der Waals surface area contributed by atoms with Crippen LogP contribution in [0.2, 0.25) is 0 Å². The first-order valence-corrected chi connectivity index (χ1v) is 8.16. The van der Waals surface area contributed by atoms with Gasteiger partial charge >= 0.3 is 6.08 Å². The van der Waals surface area contributed by atoms with Crippen molar-refractivity contribution < 1.29 is 18.8 Å². The molecule has 2 N–H and O–H groups in total. The highest BCUT2D eigenvalue weighted by Crippen LogP contribution is 2.16. The Kier molecular flexibility index (Phi) is 5.05. The number of hydrogen-bond acceptors (Lipinski definition) is 7. The molecule has 128 valence electrons. The standard InChI is InChI=1S/C16H14N4O4S/c1-10-17-16(24-20-10)23-9-14(21)18-11-4-6-12(7-5-11)19-15(22)13-3-2-8-25-13/h2-8H,9H2,1H3,(H,18,21)(H,19,22). The van der Waals surface area contributed by atoms with Crippen LogP contribution >= 0.6 is 11.3 Å². The number of ether oxygens (including phenoxy) is 1. The van der Waals surface area contributed by atoms with Crippen molar-refractivity contribution in [3.63, 3.8) is 0 Å². The van der Waals surface area contributed by atoms with Crippen molar-refractivity contribution in [1.82, 2.24) is 10.1 Å². The van der Waals surface area contributed by atoms with Crippen LogP contribution in [0.25, 0.3) is 0 Å². The number of amides is 2. The van der Waals surface area contributed by atoms with Gasteiger partial charge in [-0.1, -0.05) is 11.2 Å². The number of nitrogens with one attached hydrogen (secondary N) is 2. The Morgan fingerprint density at radius 2 is 1.88 bits per heavy atom. The van der Waals surface area contributed by atoms with Crippen LogP contribution in [-0.2, 0) is 4.79 Å². The first kappa shape index (κ1) is 16.7. The molecule has 0 unspecified atom stereocenters. The van der Waals surface area contributed by atoms with Crippen LogP contribution in [0.1, 0.15) is 15.5 Å². The van der Waals surface area contributed by atoms with Gasteiger partial charge in [0.05, 0.1) is 4.88 Å². The highest BCUT2D eigenvalue weighted by molar-refractivity contribution is 7.12. The molecule has 2 amide bonds. The van der Waals surface area contributed by atoms with Crippen molar-refractivity contribution >= 4 is 34.5 Å². The summed E-state index contributed by atoms with van der Waals surface area (Å²) in [6.07, 6.45) is -0.0562. The van der Waals surface area contributed by atoms with E-state index in [0.29, 0.717) is 22.1 Å². The van der Waals surface area contributed by atoms with E-state index >= 15 is 0 Å². The van der Waals surface area contributed by atoms with Crippen molar-refractivity contribution in [1.29, 1.82) is 0 Å². The van der Waals surface area contributed by atoms with E-state index in [1.165, 1.54) is 11.3 Å². The molecule has 0 bridgehead atoms. The first-order valence-electron chi connectivity index (χ1n) is 7.28. The van der Waals surface area contributed by atoms with E-state index in [1.54, 1.807) is 37.3 Å². The van der Waals surface area contributed by atoms with Gasteiger partial charge in [-0.3, -0.25) is 14.1 Å². The van der Waals surface area contributed by atoms with Gasteiger partial charge < -0.3 is 15.4 Å². The maximum atomic E-state index is 12.0. The lowest BCUT2D eigenvalue weighted by atomic mass is 10.2. The molecule has 0 saturated carbocycles. The molecule has 3 aromatic rings. The summed E-state index contributed by atoms with van der Waals surface area (Å²) in [5.74, 6) is -0.114. The van der Waals surface area contributed by atoms with Gasteiger partial charge in [0, 0.05) is 11.4 Å². The molecule has 0 aliphatic rings. The largest absolute Gasteiger partial charge is 0.439 e. The highest BCUT2D eigenvalue weighted by Gasteiger charge is 2.09. The van der Waals surface area contributed by atoms with E-state index in [2.05, 4.69) is 20.8 Å². The van der Waals surface area contributed by atoms with Crippen molar-refractivity contribution in [2.75, 3.05) is 17.2 Å². The number of aryl methyl sites for hydroxylation is 1. The van der Waals surface area contributed by atoms with E-state index in [9.17, 15) is 9.59 Å². The minimum atomic E-state index is -0.369. The van der Waals surface area contributed by atoms with Crippen molar-refractivity contribution in [3.05, 3.63) is 52.5 Å². The number of carbonyl (C=O) groups excluding carboxylic acids is 2. The van der Waals surface area contributed by atoms with Crippen molar-refractivity contribution in [2.45, 2.75) is 6.92 Å². The minimum Gasteiger partial charge on any atom is -0.439 e. The molecular formula is C16H14N4O4S. The third-order valence-electron chi connectivity index (χ3n) is 3.01. The molecule has 2 heterocycles. The molecule has 1 aromatic carbocycles. The van der Waals surface area contributed by atoms with Crippen molar-refractivity contribution in [3.8, 4) is 6.08 Å². The number of carbonyl (C=O) groups is 2. The van der Waals surface area contributed by atoms with Crippen LogP contribution in [0.5, 0.6) is 6.08 Å². The average Bonchev–Trinajstić information content (AvgIpc) is 3.26. The Hall–Kier alpha value is -3.20. The Morgan fingerprint density at radius 3 is 2.48 bits per heavy atom. The lowest BCUT2D eigenvalue weighted by Crippen LogP contribution is -2.20. The zero-order chi connectivity index (χ0) is 17.6. The maximum Gasteiger partial charge on any atom is 0.417 e. The Bertz CT molecular complexity index is 859. The minimum absolute atomic E-state index is 0.0562. The number of rotatable bonds is 6. The van der Waals surface area contributed by atoms with Crippen LogP contribution in [0.3, 0.4) is 0 Å². The fourth-order valence-corrected chi connectivity index (χ4v) is 2.52. The topological polar surface area (TPSA) is 106 Å². The maximum absolute atomic E-state index is 12.0. The van der Waals surface area contributed by atoms with Crippen LogP contribution < -0.4 is 15.4 Å². The molecule has 2 aromatic heterocycles. The molecule has 25 heavy (non-hydrogen) atoms. The molecule has 0 saturated heterocycles. The van der Waals surface area contributed by atoms with Gasteiger partial charge in [-0.15, -0.1) is 11.3 Å². The van der Waals surface area contributed by atoms with Crippen LogP contribution in [0.4, 0.5) is 11.4 Å². The van der Waals surface area contributed by atoms with Crippen LogP contribution in [-0.4, -0.2) is 28.6 Å². The molecule has 0 spiro atoms.